The van der Waals surface area contributed by atoms with Crippen molar-refractivity contribution in [2.45, 2.75) is 116 Å². The molecular weight excluding hydrogens is 278 g/mol. The predicted molar refractivity (Wildman–Crippen MR) is 107 cm³/mol. The third-order valence-electron chi connectivity index (χ3n) is 4.72. The van der Waals surface area contributed by atoms with E-state index in [1.807, 2.05) is 6.08 Å². The predicted octanol–water partition coefficient (Wildman–Crippen LogP) is 7.41. The average molecular weight is 324 g/mol. The summed E-state index contributed by atoms with van der Waals surface area (Å²) in [5.41, 5.74) is 0. The van der Waals surface area contributed by atoms with Crippen molar-refractivity contribution in [2.75, 3.05) is 13.1 Å². The molecule has 1 nitrogen and oxygen atoms in total. The van der Waals surface area contributed by atoms with Gasteiger partial charge in [0.15, 0.2) is 0 Å². The second-order valence-corrected chi connectivity index (χ2v) is 7.13. The molecule has 0 amide bonds. The lowest BCUT2D eigenvalue weighted by Gasteiger charge is -2.05. The van der Waals surface area contributed by atoms with Crippen molar-refractivity contribution in [1.82, 2.24) is 5.32 Å². The molecule has 23 heavy (non-hydrogen) atoms. The second-order valence-electron chi connectivity index (χ2n) is 7.13. The van der Waals surface area contributed by atoms with Crippen LogP contribution in [0, 0.1) is 0 Å². The van der Waals surface area contributed by atoms with Crippen molar-refractivity contribution < 1.29 is 0 Å². The van der Waals surface area contributed by atoms with Gasteiger partial charge in [0, 0.05) is 0 Å². The average Bonchev–Trinajstić information content (AvgIpc) is 2.57. The van der Waals surface area contributed by atoms with Crippen LogP contribution in [0.25, 0.3) is 0 Å². The van der Waals surface area contributed by atoms with Gasteiger partial charge in [-0.2, -0.15) is 0 Å². The van der Waals surface area contributed by atoms with Gasteiger partial charge in [0.2, 0.25) is 0 Å². The molecule has 0 spiro atoms. The molecule has 0 aliphatic rings. The summed E-state index contributed by atoms with van der Waals surface area (Å²) >= 11 is 0. The third-order valence-corrected chi connectivity index (χ3v) is 4.72. The SMILES string of the molecule is C=CCCCCCCCCCCNCCCCCCCCCC. The topological polar surface area (TPSA) is 12.0 Å². The summed E-state index contributed by atoms with van der Waals surface area (Å²) in [4.78, 5) is 0. The molecule has 0 aromatic carbocycles. The Balaban J connectivity index is 2.93. The first-order valence-corrected chi connectivity index (χ1v) is 10.7. The minimum atomic E-state index is 1.20. The van der Waals surface area contributed by atoms with E-state index >= 15 is 0 Å². The van der Waals surface area contributed by atoms with E-state index in [4.69, 9.17) is 0 Å². The minimum absolute atomic E-state index is 1.20. The molecule has 0 unspecified atom stereocenters. The van der Waals surface area contributed by atoms with Crippen LogP contribution in [0.5, 0.6) is 0 Å². The zero-order valence-electron chi connectivity index (χ0n) is 16.2. The molecular formula is C22H45N. The van der Waals surface area contributed by atoms with E-state index in [2.05, 4.69) is 18.8 Å². The number of hydrogen-bond donors (Lipinski definition) is 1. The van der Waals surface area contributed by atoms with Crippen LogP contribution in [0.2, 0.25) is 0 Å². The highest BCUT2D eigenvalue weighted by atomic mass is 14.8. The maximum atomic E-state index is 3.77. The zero-order chi connectivity index (χ0) is 16.8. The molecule has 0 rings (SSSR count). The Morgan fingerprint density at radius 3 is 1.39 bits per heavy atom. The van der Waals surface area contributed by atoms with Gasteiger partial charge in [-0.15, -0.1) is 6.58 Å². The van der Waals surface area contributed by atoms with Crippen LogP contribution in [0.4, 0.5) is 0 Å². The molecule has 0 aliphatic carbocycles. The van der Waals surface area contributed by atoms with Crippen LogP contribution in [-0.2, 0) is 0 Å². The van der Waals surface area contributed by atoms with E-state index in [0.717, 1.165) is 0 Å². The Bertz CT molecular complexity index is 212. The van der Waals surface area contributed by atoms with Crippen molar-refractivity contribution in [3.63, 3.8) is 0 Å². The molecule has 0 radical (unpaired) electrons. The standard InChI is InChI=1S/C22H45N/c1-3-5-7-9-11-13-14-16-18-20-22-23-21-19-17-15-12-10-8-6-4-2/h3,23H,1,4-22H2,2H3. The van der Waals surface area contributed by atoms with Gasteiger partial charge < -0.3 is 5.32 Å². The van der Waals surface area contributed by atoms with Crippen LogP contribution in [-0.4, -0.2) is 13.1 Å². The van der Waals surface area contributed by atoms with Crippen molar-refractivity contribution in [3.8, 4) is 0 Å². The summed E-state index contributed by atoms with van der Waals surface area (Å²) in [6.45, 7) is 8.53. The van der Waals surface area contributed by atoms with Gasteiger partial charge in [-0.1, -0.05) is 96.5 Å². The van der Waals surface area contributed by atoms with Gasteiger partial charge in [0.1, 0.15) is 0 Å². The first-order valence-electron chi connectivity index (χ1n) is 10.7. The van der Waals surface area contributed by atoms with Crippen LogP contribution in [0.1, 0.15) is 116 Å². The second kappa shape index (κ2) is 21.7. The quantitative estimate of drug-likeness (QED) is 0.182. The fourth-order valence-corrected chi connectivity index (χ4v) is 3.11. The fourth-order valence-electron chi connectivity index (χ4n) is 3.11. The Labute approximate surface area is 147 Å². The van der Waals surface area contributed by atoms with Crippen LogP contribution < -0.4 is 5.32 Å². The summed E-state index contributed by atoms with van der Waals surface area (Å²) in [6, 6.07) is 0. The van der Waals surface area contributed by atoms with Gasteiger partial charge in [0.25, 0.3) is 0 Å². The first kappa shape index (κ1) is 22.7. The number of nitrogens with one attached hydrogen (secondary N) is 1. The number of hydrogen-bond acceptors (Lipinski definition) is 1. The molecule has 0 aromatic rings. The van der Waals surface area contributed by atoms with Crippen LogP contribution in [0.3, 0.4) is 0 Å². The van der Waals surface area contributed by atoms with Gasteiger partial charge in [0.05, 0.1) is 0 Å². The Hall–Kier alpha value is -0.300. The first-order chi connectivity index (χ1) is 11.4. The molecule has 0 aliphatic heterocycles. The van der Waals surface area contributed by atoms with E-state index in [1.165, 1.54) is 122 Å². The maximum absolute atomic E-state index is 3.77. The van der Waals surface area contributed by atoms with Crippen molar-refractivity contribution in [3.05, 3.63) is 12.7 Å². The molecule has 0 saturated heterocycles. The lowest BCUT2D eigenvalue weighted by Crippen LogP contribution is -2.16. The molecule has 0 heterocycles. The van der Waals surface area contributed by atoms with Gasteiger partial charge in [-0.05, 0) is 38.8 Å². The van der Waals surface area contributed by atoms with E-state index in [-0.39, 0.29) is 0 Å². The highest BCUT2D eigenvalue weighted by Gasteiger charge is 1.94. The lowest BCUT2D eigenvalue weighted by atomic mass is 10.1. The Kier molecular flexibility index (Phi) is 21.4. The van der Waals surface area contributed by atoms with E-state index in [9.17, 15) is 0 Å². The molecule has 1 N–H and O–H groups in total. The van der Waals surface area contributed by atoms with Gasteiger partial charge >= 0.3 is 0 Å². The van der Waals surface area contributed by atoms with Crippen molar-refractivity contribution in [1.29, 1.82) is 0 Å². The van der Waals surface area contributed by atoms with Crippen LogP contribution >= 0.6 is 0 Å². The minimum Gasteiger partial charge on any atom is -0.317 e. The van der Waals surface area contributed by atoms with Crippen molar-refractivity contribution in [2.24, 2.45) is 0 Å². The number of rotatable bonds is 20. The fraction of sp³-hybridized carbons (Fsp3) is 0.909. The molecule has 138 valence electrons. The maximum Gasteiger partial charge on any atom is -0.00489 e. The number of allylic oxidation sites excluding steroid dienone is 1. The number of unbranched alkanes of at least 4 members (excludes halogenated alkanes) is 15. The van der Waals surface area contributed by atoms with Crippen molar-refractivity contribution >= 4 is 0 Å². The third kappa shape index (κ3) is 21.7. The molecule has 0 atom stereocenters. The monoisotopic (exact) mass is 323 g/mol. The largest absolute Gasteiger partial charge is 0.317 e. The molecule has 1 heteroatoms. The zero-order valence-corrected chi connectivity index (χ0v) is 16.2. The summed E-state index contributed by atoms with van der Waals surface area (Å²) in [5.74, 6) is 0. The Morgan fingerprint density at radius 2 is 0.957 bits per heavy atom. The summed E-state index contributed by atoms with van der Waals surface area (Å²) in [7, 11) is 0. The van der Waals surface area contributed by atoms with E-state index in [1.54, 1.807) is 0 Å². The Morgan fingerprint density at radius 1 is 0.565 bits per heavy atom. The van der Waals surface area contributed by atoms with E-state index in [0.29, 0.717) is 0 Å². The highest BCUT2D eigenvalue weighted by molar-refractivity contribution is 4.65. The normalized spacial score (nSPS) is 11.0. The van der Waals surface area contributed by atoms with Crippen LogP contribution in [0.15, 0.2) is 12.7 Å². The van der Waals surface area contributed by atoms with Gasteiger partial charge in [-0.25, -0.2) is 0 Å². The highest BCUT2D eigenvalue weighted by Crippen LogP contribution is 2.10. The molecule has 0 bridgehead atoms. The summed E-state index contributed by atoms with van der Waals surface area (Å²) < 4.78 is 0. The molecule has 0 aromatic heterocycles. The summed E-state index contributed by atoms with van der Waals surface area (Å²) in [5, 5.41) is 3.61. The van der Waals surface area contributed by atoms with E-state index < -0.39 is 0 Å². The smallest absolute Gasteiger partial charge is 0.00489 e. The molecule has 0 fully saturated rings. The summed E-state index contributed by atoms with van der Waals surface area (Å²) in [6.07, 6.45) is 25.9. The van der Waals surface area contributed by atoms with Gasteiger partial charge in [-0.3, -0.25) is 0 Å². The molecule has 0 saturated carbocycles. The lowest BCUT2D eigenvalue weighted by molar-refractivity contribution is 0.531.